The van der Waals surface area contributed by atoms with Crippen LogP contribution < -0.4 is 5.32 Å². The molecule has 0 atom stereocenters. The highest BCUT2D eigenvalue weighted by Gasteiger charge is 2.14. The van der Waals surface area contributed by atoms with Crippen LogP contribution in [0, 0.1) is 5.82 Å². The topological polar surface area (TPSA) is 55.6 Å². The monoisotopic (exact) mass is 289 g/mol. The molecule has 21 heavy (non-hydrogen) atoms. The Bertz CT molecular complexity index is 561. The Morgan fingerprint density at radius 3 is 2.57 bits per heavy atom. The van der Waals surface area contributed by atoms with E-state index < -0.39 is 0 Å². The van der Waals surface area contributed by atoms with Crippen molar-refractivity contribution in [2.75, 3.05) is 5.32 Å². The van der Waals surface area contributed by atoms with Gasteiger partial charge in [0, 0.05) is 6.04 Å². The van der Waals surface area contributed by atoms with Gasteiger partial charge in [-0.25, -0.2) is 9.07 Å². The lowest BCUT2D eigenvalue weighted by atomic mass is 9.96. The van der Waals surface area contributed by atoms with Crippen LogP contribution in [0.2, 0.25) is 0 Å². The smallest absolute Gasteiger partial charge is 0.146 e. The minimum Gasteiger partial charge on any atom is -0.380 e. The fraction of sp³-hybridized carbons (Fsp3) is 0.533. The summed E-state index contributed by atoms with van der Waals surface area (Å²) in [7, 11) is 0. The van der Waals surface area contributed by atoms with Gasteiger partial charge < -0.3 is 5.32 Å². The van der Waals surface area contributed by atoms with E-state index in [0.29, 0.717) is 11.7 Å². The van der Waals surface area contributed by atoms with Crippen LogP contribution in [0.25, 0.3) is 5.69 Å². The second-order valence-corrected chi connectivity index (χ2v) is 5.60. The van der Waals surface area contributed by atoms with Gasteiger partial charge in [-0.05, 0) is 41.5 Å². The van der Waals surface area contributed by atoms with Gasteiger partial charge in [0.2, 0.25) is 0 Å². The minimum atomic E-state index is -0.228. The van der Waals surface area contributed by atoms with Gasteiger partial charge in [0.1, 0.15) is 12.1 Å². The summed E-state index contributed by atoms with van der Waals surface area (Å²) in [6.45, 7) is 0. The van der Waals surface area contributed by atoms with Crippen molar-refractivity contribution < 1.29 is 4.39 Å². The Balaban J connectivity index is 1.75. The molecule has 0 spiro atoms. The lowest BCUT2D eigenvalue weighted by molar-refractivity contribution is 0.469. The quantitative estimate of drug-likeness (QED) is 0.941. The number of aromatic nitrogens is 4. The van der Waals surface area contributed by atoms with Crippen molar-refractivity contribution in [3.63, 3.8) is 0 Å². The van der Waals surface area contributed by atoms with E-state index in [4.69, 9.17) is 0 Å². The van der Waals surface area contributed by atoms with E-state index in [1.54, 1.807) is 12.1 Å². The highest BCUT2D eigenvalue weighted by molar-refractivity contribution is 5.52. The van der Waals surface area contributed by atoms with Gasteiger partial charge in [0.25, 0.3) is 0 Å². The van der Waals surface area contributed by atoms with Gasteiger partial charge in [-0.2, -0.15) is 0 Å². The molecule has 0 amide bonds. The average Bonchev–Trinajstić information content (AvgIpc) is 2.98. The van der Waals surface area contributed by atoms with Crippen molar-refractivity contribution in [2.45, 2.75) is 51.0 Å². The van der Waals surface area contributed by atoms with Crippen molar-refractivity contribution in [1.29, 1.82) is 0 Å². The molecular weight excluding hydrogens is 269 g/mol. The average molecular weight is 289 g/mol. The lowest BCUT2D eigenvalue weighted by Crippen LogP contribution is -2.21. The summed E-state index contributed by atoms with van der Waals surface area (Å²) in [6.07, 6.45) is 10.0. The molecule has 1 aromatic carbocycles. The summed E-state index contributed by atoms with van der Waals surface area (Å²) in [6, 6.07) is 5.26. The molecule has 1 saturated carbocycles. The van der Waals surface area contributed by atoms with Crippen LogP contribution in [0.1, 0.15) is 44.9 Å². The van der Waals surface area contributed by atoms with E-state index in [2.05, 4.69) is 20.8 Å². The summed E-state index contributed by atoms with van der Waals surface area (Å²) in [4.78, 5) is 0. The molecular formula is C15H20FN5. The van der Waals surface area contributed by atoms with Crippen molar-refractivity contribution >= 4 is 5.69 Å². The molecule has 5 nitrogen and oxygen atoms in total. The molecule has 3 rings (SSSR count). The molecule has 0 aliphatic heterocycles. The maximum atomic E-state index is 14.0. The SMILES string of the molecule is Fc1ccc(-n2cnnn2)cc1NC1CCCCCCC1. The second kappa shape index (κ2) is 6.65. The molecule has 1 heterocycles. The van der Waals surface area contributed by atoms with Crippen LogP contribution in [-0.4, -0.2) is 26.2 Å². The van der Waals surface area contributed by atoms with Gasteiger partial charge >= 0.3 is 0 Å². The summed E-state index contributed by atoms with van der Waals surface area (Å²) in [5, 5.41) is 14.4. The predicted octanol–water partition coefficient (Wildman–Crippen LogP) is 3.33. The van der Waals surface area contributed by atoms with E-state index in [1.807, 2.05) is 0 Å². The number of rotatable bonds is 3. The number of hydrogen-bond donors (Lipinski definition) is 1. The number of halogens is 1. The summed E-state index contributed by atoms with van der Waals surface area (Å²) < 4.78 is 15.6. The van der Waals surface area contributed by atoms with Crippen LogP contribution in [-0.2, 0) is 0 Å². The summed E-state index contributed by atoms with van der Waals surface area (Å²) in [5.74, 6) is -0.228. The van der Waals surface area contributed by atoms with E-state index in [9.17, 15) is 4.39 Å². The first kappa shape index (κ1) is 14.0. The number of anilines is 1. The van der Waals surface area contributed by atoms with Crippen LogP contribution in [0.5, 0.6) is 0 Å². The normalized spacial score (nSPS) is 17.2. The first-order chi connectivity index (χ1) is 10.3. The molecule has 0 saturated heterocycles. The first-order valence-corrected chi connectivity index (χ1v) is 7.62. The van der Waals surface area contributed by atoms with Crippen LogP contribution in [0.3, 0.4) is 0 Å². The van der Waals surface area contributed by atoms with Crippen LogP contribution in [0.4, 0.5) is 10.1 Å². The Hall–Kier alpha value is -1.98. The standard InChI is InChI=1S/C15H20FN5/c16-14-9-8-13(21-11-17-19-20-21)10-15(14)18-12-6-4-2-1-3-5-7-12/h8-12,18H,1-7H2. The highest BCUT2D eigenvalue weighted by atomic mass is 19.1. The van der Waals surface area contributed by atoms with Crippen molar-refractivity contribution in [3.8, 4) is 5.69 Å². The minimum absolute atomic E-state index is 0.228. The predicted molar refractivity (Wildman–Crippen MR) is 78.8 cm³/mol. The van der Waals surface area contributed by atoms with Gasteiger partial charge in [0.05, 0.1) is 11.4 Å². The molecule has 1 aliphatic rings. The molecule has 112 valence electrons. The largest absolute Gasteiger partial charge is 0.380 e. The third-order valence-corrected chi connectivity index (χ3v) is 4.03. The Labute approximate surface area is 123 Å². The summed E-state index contributed by atoms with van der Waals surface area (Å²) >= 11 is 0. The Morgan fingerprint density at radius 2 is 1.86 bits per heavy atom. The number of benzene rings is 1. The lowest BCUT2D eigenvalue weighted by Gasteiger charge is -2.22. The number of nitrogens with zero attached hydrogens (tertiary/aromatic N) is 4. The molecule has 0 radical (unpaired) electrons. The fourth-order valence-corrected chi connectivity index (χ4v) is 2.87. The highest BCUT2D eigenvalue weighted by Crippen LogP contribution is 2.24. The van der Waals surface area contributed by atoms with Gasteiger partial charge in [-0.15, -0.1) is 5.10 Å². The molecule has 0 bridgehead atoms. The second-order valence-electron chi connectivity index (χ2n) is 5.60. The maximum absolute atomic E-state index is 14.0. The van der Waals surface area contributed by atoms with E-state index in [1.165, 1.54) is 49.2 Å². The molecule has 2 aromatic rings. The van der Waals surface area contributed by atoms with Gasteiger partial charge in [0.15, 0.2) is 0 Å². The van der Waals surface area contributed by atoms with Crippen molar-refractivity contribution in [1.82, 2.24) is 20.2 Å². The van der Waals surface area contributed by atoms with Crippen molar-refractivity contribution in [2.24, 2.45) is 0 Å². The zero-order chi connectivity index (χ0) is 14.5. The zero-order valence-corrected chi connectivity index (χ0v) is 12.0. The van der Waals surface area contributed by atoms with Crippen molar-refractivity contribution in [3.05, 3.63) is 30.3 Å². The number of hydrogen-bond acceptors (Lipinski definition) is 4. The van der Waals surface area contributed by atoms with E-state index >= 15 is 0 Å². The van der Waals surface area contributed by atoms with Crippen LogP contribution in [0.15, 0.2) is 24.5 Å². The third kappa shape index (κ3) is 3.56. The molecule has 1 aliphatic carbocycles. The Kier molecular flexibility index (Phi) is 4.43. The zero-order valence-electron chi connectivity index (χ0n) is 12.0. The van der Waals surface area contributed by atoms with Crippen LogP contribution >= 0.6 is 0 Å². The number of nitrogens with one attached hydrogen (secondary N) is 1. The molecule has 6 heteroatoms. The molecule has 0 unspecified atom stereocenters. The van der Waals surface area contributed by atoms with Gasteiger partial charge in [-0.3, -0.25) is 0 Å². The molecule has 1 aromatic heterocycles. The fourth-order valence-electron chi connectivity index (χ4n) is 2.87. The first-order valence-electron chi connectivity index (χ1n) is 7.62. The Morgan fingerprint density at radius 1 is 1.10 bits per heavy atom. The van der Waals surface area contributed by atoms with Gasteiger partial charge in [-0.1, -0.05) is 32.1 Å². The van der Waals surface area contributed by atoms with E-state index in [0.717, 1.165) is 18.5 Å². The maximum Gasteiger partial charge on any atom is 0.146 e. The molecule has 1 N–H and O–H groups in total. The summed E-state index contributed by atoms with van der Waals surface area (Å²) in [5.41, 5.74) is 1.29. The number of tetrazole rings is 1. The molecule has 1 fully saturated rings. The third-order valence-electron chi connectivity index (χ3n) is 4.03. The van der Waals surface area contributed by atoms with E-state index in [-0.39, 0.29) is 5.82 Å².